The number of rotatable bonds is 4. The molecule has 0 saturated carbocycles. The van der Waals surface area contributed by atoms with Crippen LogP contribution in [0, 0.1) is 0 Å². The topological polar surface area (TPSA) is 15.3 Å². The molecular weight excluding hydrogens is 372 g/mol. The lowest BCUT2D eigenvalue weighted by Crippen LogP contribution is -2.32. The van der Waals surface area contributed by atoms with E-state index in [1.165, 1.54) is 38.1 Å². The Morgan fingerprint density at radius 3 is 2.34 bits per heavy atom. The van der Waals surface area contributed by atoms with E-state index < -0.39 is 0 Å². The molecule has 1 saturated heterocycles. The summed E-state index contributed by atoms with van der Waals surface area (Å²) in [5, 5.41) is 4.91. The molecule has 3 aromatic carbocycles. The Morgan fingerprint density at radius 1 is 0.759 bits per heavy atom. The zero-order valence-electron chi connectivity index (χ0n) is 16.6. The van der Waals surface area contributed by atoms with Gasteiger partial charge in [0, 0.05) is 29.2 Å². The van der Waals surface area contributed by atoms with E-state index in [1.807, 2.05) is 11.3 Å². The van der Waals surface area contributed by atoms with Crippen LogP contribution in [0.15, 0.2) is 84.9 Å². The molecule has 0 amide bonds. The standard InChI is InChI=1S/C26H26N2S/c1-2-7-20(8-3-1)21-11-13-22(14-12-21)26(28-17-6-15-27-16-18-28)25-19-23-9-4-5-10-24(23)29-25/h1-5,7-14,19,26-27H,6,15-18H2. The molecule has 4 aromatic rings. The van der Waals surface area contributed by atoms with Crippen molar-refractivity contribution in [2.75, 3.05) is 26.2 Å². The quantitative estimate of drug-likeness (QED) is 0.457. The molecule has 5 rings (SSSR count). The maximum atomic E-state index is 3.55. The van der Waals surface area contributed by atoms with Gasteiger partial charge in [0.1, 0.15) is 0 Å². The summed E-state index contributed by atoms with van der Waals surface area (Å²) in [6.07, 6.45) is 1.20. The van der Waals surface area contributed by atoms with Crippen molar-refractivity contribution in [2.24, 2.45) is 0 Å². The monoisotopic (exact) mass is 398 g/mol. The van der Waals surface area contributed by atoms with Crippen LogP contribution in [-0.4, -0.2) is 31.1 Å². The second kappa shape index (κ2) is 8.50. The molecule has 0 bridgehead atoms. The van der Waals surface area contributed by atoms with Crippen molar-refractivity contribution >= 4 is 21.4 Å². The lowest BCUT2D eigenvalue weighted by atomic mass is 9.98. The number of hydrogen-bond acceptors (Lipinski definition) is 3. The van der Waals surface area contributed by atoms with E-state index >= 15 is 0 Å². The fourth-order valence-electron chi connectivity index (χ4n) is 4.31. The Morgan fingerprint density at radius 2 is 1.52 bits per heavy atom. The first kappa shape index (κ1) is 18.6. The van der Waals surface area contributed by atoms with Crippen LogP contribution in [0.25, 0.3) is 21.2 Å². The lowest BCUT2D eigenvalue weighted by molar-refractivity contribution is 0.244. The van der Waals surface area contributed by atoms with Gasteiger partial charge in [0.2, 0.25) is 0 Å². The van der Waals surface area contributed by atoms with Gasteiger partial charge in [-0.2, -0.15) is 0 Å². The van der Waals surface area contributed by atoms with Crippen molar-refractivity contribution in [1.29, 1.82) is 0 Å². The highest BCUT2D eigenvalue weighted by Crippen LogP contribution is 2.37. The summed E-state index contributed by atoms with van der Waals surface area (Å²) < 4.78 is 1.38. The zero-order chi connectivity index (χ0) is 19.5. The molecule has 0 aliphatic carbocycles. The molecule has 29 heavy (non-hydrogen) atoms. The minimum Gasteiger partial charge on any atom is -0.315 e. The second-order valence-corrected chi connectivity index (χ2v) is 8.83. The van der Waals surface area contributed by atoms with Crippen molar-refractivity contribution < 1.29 is 0 Å². The summed E-state index contributed by atoms with van der Waals surface area (Å²) >= 11 is 1.94. The minimum absolute atomic E-state index is 0.317. The molecular formula is C26H26N2S. The molecule has 1 atom stereocenters. The van der Waals surface area contributed by atoms with Crippen molar-refractivity contribution in [3.05, 3.63) is 95.4 Å². The number of hydrogen-bond donors (Lipinski definition) is 1. The third-order valence-corrected chi connectivity index (χ3v) is 6.96. The summed E-state index contributed by atoms with van der Waals surface area (Å²) in [6.45, 7) is 4.39. The third-order valence-electron chi connectivity index (χ3n) is 5.79. The largest absolute Gasteiger partial charge is 0.315 e. The molecule has 2 nitrogen and oxygen atoms in total. The Bertz CT molecular complexity index is 1030. The van der Waals surface area contributed by atoms with Crippen LogP contribution < -0.4 is 5.32 Å². The maximum absolute atomic E-state index is 3.55. The fraction of sp³-hybridized carbons (Fsp3) is 0.231. The van der Waals surface area contributed by atoms with Crippen LogP contribution in [0.5, 0.6) is 0 Å². The van der Waals surface area contributed by atoms with E-state index in [0.29, 0.717) is 6.04 Å². The van der Waals surface area contributed by atoms with Crippen LogP contribution in [-0.2, 0) is 0 Å². The molecule has 1 fully saturated rings. The number of benzene rings is 3. The molecule has 0 spiro atoms. The number of fused-ring (bicyclic) bond motifs is 1. The molecule has 3 heteroatoms. The predicted octanol–water partition coefficient (Wildman–Crippen LogP) is 5.95. The molecule has 1 N–H and O–H groups in total. The van der Waals surface area contributed by atoms with Gasteiger partial charge in [0.15, 0.2) is 0 Å². The fourth-order valence-corrected chi connectivity index (χ4v) is 5.53. The van der Waals surface area contributed by atoms with Gasteiger partial charge in [0.25, 0.3) is 0 Å². The van der Waals surface area contributed by atoms with Gasteiger partial charge in [-0.1, -0.05) is 72.8 Å². The van der Waals surface area contributed by atoms with E-state index in [4.69, 9.17) is 0 Å². The number of nitrogens with one attached hydrogen (secondary N) is 1. The molecule has 1 aliphatic rings. The predicted molar refractivity (Wildman–Crippen MR) is 125 cm³/mol. The van der Waals surface area contributed by atoms with E-state index in [1.54, 1.807) is 0 Å². The molecule has 0 radical (unpaired) electrons. The van der Waals surface area contributed by atoms with Gasteiger partial charge in [0.05, 0.1) is 6.04 Å². The highest BCUT2D eigenvalue weighted by Gasteiger charge is 2.25. The van der Waals surface area contributed by atoms with Gasteiger partial charge in [-0.05, 0) is 47.2 Å². The van der Waals surface area contributed by atoms with Crippen LogP contribution in [0.3, 0.4) is 0 Å². The molecule has 1 aromatic heterocycles. The second-order valence-electron chi connectivity index (χ2n) is 7.72. The van der Waals surface area contributed by atoms with Crippen LogP contribution in [0.1, 0.15) is 22.9 Å². The van der Waals surface area contributed by atoms with Crippen molar-refractivity contribution in [1.82, 2.24) is 10.2 Å². The molecule has 1 aliphatic heterocycles. The SMILES string of the molecule is c1ccc(-c2ccc(C(c3cc4ccccc4s3)N3CCCNCC3)cc2)cc1. The van der Waals surface area contributed by atoms with Gasteiger partial charge < -0.3 is 5.32 Å². The number of thiophene rings is 1. The smallest absolute Gasteiger partial charge is 0.0696 e. The third kappa shape index (κ3) is 3.99. The van der Waals surface area contributed by atoms with Gasteiger partial charge in [-0.25, -0.2) is 0 Å². The Balaban J connectivity index is 1.54. The molecule has 146 valence electrons. The molecule has 2 heterocycles. The highest BCUT2D eigenvalue weighted by molar-refractivity contribution is 7.19. The summed E-state index contributed by atoms with van der Waals surface area (Å²) in [7, 11) is 0. The van der Waals surface area contributed by atoms with E-state index in [9.17, 15) is 0 Å². The summed E-state index contributed by atoms with van der Waals surface area (Å²) in [5.74, 6) is 0. The Labute approximate surface area is 176 Å². The Kier molecular flexibility index (Phi) is 5.44. The first-order valence-electron chi connectivity index (χ1n) is 10.5. The van der Waals surface area contributed by atoms with E-state index in [0.717, 1.165) is 26.2 Å². The summed E-state index contributed by atoms with van der Waals surface area (Å²) in [4.78, 5) is 4.10. The number of nitrogens with zero attached hydrogens (tertiary/aromatic N) is 1. The summed E-state index contributed by atoms with van der Waals surface area (Å²) in [5.41, 5.74) is 3.94. The zero-order valence-corrected chi connectivity index (χ0v) is 17.4. The Hall–Kier alpha value is -2.46. The van der Waals surface area contributed by atoms with E-state index in [-0.39, 0.29) is 0 Å². The first-order chi connectivity index (χ1) is 14.4. The maximum Gasteiger partial charge on any atom is 0.0696 e. The summed E-state index contributed by atoms with van der Waals surface area (Å²) in [6, 6.07) is 31.3. The van der Waals surface area contributed by atoms with Crippen molar-refractivity contribution in [2.45, 2.75) is 12.5 Å². The average Bonchev–Trinajstić information content (AvgIpc) is 3.02. The van der Waals surface area contributed by atoms with Crippen molar-refractivity contribution in [3.8, 4) is 11.1 Å². The van der Waals surface area contributed by atoms with Crippen LogP contribution >= 0.6 is 11.3 Å². The lowest BCUT2D eigenvalue weighted by Gasteiger charge is -2.30. The van der Waals surface area contributed by atoms with E-state index in [2.05, 4.69) is 95.1 Å². The minimum atomic E-state index is 0.317. The van der Waals surface area contributed by atoms with Gasteiger partial charge >= 0.3 is 0 Å². The van der Waals surface area contributed by atoms with Crippen LogP contribution in [0.4, 0.5) is 0 Å². The normalized spacial score (nSPS) is 16.6. The van der Waals surface area contributed by atoms with Crippen molar-refractivity contribution in [3.63, 3.8) is 0 Å². The highest BCUT2D eigenvalue weighted by atomic mass is 32.1. The first-order valence-corrected chi connectivity index (χ1v) is 11.3. The van der Waals surface area contributed by atoms with Gasteiger partial charge in [-0.3, -0.25) is 4.90 Å². The molecule has 1 unspecified atom stereocenters. The average molecular weight is 399 g/mol. The van der Waals surface area contributed by atoms with Gasteiger partial charge in [-0.15, -0.1) is 11.3 Å². The van der Waals surface area contributed by atoms with Crippen LogP contribution in [0.2, 0.25) is 0 Å².